The average Bonchev–Trinajstić information content (AvgIpc) is 3.11. The summed E-state index contributed by atoms with van der Waals surface area (Å²) in [5, 5.41) is 22.3. The number of hydrogen-bond donors (Lipinski definition) is 0. The molecule has 10 nitrogen and oxygen atoms in total. The third-order valence-corrected chi connectivity index (χ3v) is 7.28. The van der Waals surface area contributed by atoms with E-state index in [1.807, 2.05) is 13.8 Å². The van der Waals surface area contributed by atoms with Crippen molar-refractivity contribution in [2.75, 3.05) is 0 Å². The Kier molecular flexibility index (Phi) is 5.51. The Bertz CT molecular complexity index is 1660. The molecule has 1 aliphatic heterocycles. The number of nitro benzene ring substituents is 2. The number of carbonyl (C=O) groups excluding carboxylic acids is 1. The molecule has 3 aromatic rings. The summed E-state index contributed by atoms with van der Waals surface area (Å²) in [5.74, 6) is -0.110. The minimum absolute atomic E-state index is 0.0939. The van der Waals surface area contributed by atoms with Crippen molar-refractivity contribution < 1.29 is 14.6 Å². The van der Waals surface area contributed by atoms with E-state index < -0.39 is 21.4 Å². The fourth-order valence-electron chi connectivity index (χ4n) is 4.72. The topological polar surface area (TPSA) is 138 Å². The van der Waals surface area contributed by atoms with Crippen molar-refractivity contribution in [2.45, 2.75) is 32.7 Å². The van der Waals surface area contributed by atoms with E-state index in [0.29, 0.717) is 44.6 Å². The lowest BCUT2D eigenvalue weighted by Crippen LogP contribution is -2.42. The quantitative estimate of drug-likeness (QED) is 0.394. The fourth-order valence-corrected chi connectivity index (χ4v) is 5.74. The number of hydrogen-bond acceptors (Lipinski definition) is 8. The van der Waals surface area contributed by atoms with Gasteiger partial charge in [0.2, 0.25) is 0 Å². The summed E-state index contributed by atoms with van der Waals surface area (Å²) in [6.07, 6.45) is 2.41. The smallest absolute Gasteiger partial charge is 0.271 e. The second-order valence-electron chi connectivity index (χ2n) is 9.58. The highest BCUT2D eigenvalue weighted by Crippen LogP contribution is 2.43. The van der Waals surface area contributed by atoms with Crippen molar-refractivity contribution in [1.29, 1.82) is 0 Å². The maximum atomic E-state index is 13.6. The van der Waals surface area contributed by atoms with Crippen LogP contribution in [-0.4, -0.2) is 20.2 Å². The van der Waals surface area contributed by atoms with Gasteiger partial charge in [0, 0.05) is 36.3 Å². The second-order valence-corrected chi connectivity index (χ2v) is 10.6. The van der Waals surface area contributed by atoms with Gasteiger partial charge in [-0.25, -0.2) is 4.99 Å². The first-order valence-corrected chi connectivity index (χ1v) is 11.9. The summed E-state index contributed by atoms with van der Waals surface area (Å²) in [6.45, 7) is 3.98. The summed E-state index contributed by atoms with van der Waals surface area (Å²) in [6, 6.07) is 11.0. The molecule has 11 heteroatoms. The van der Waals surface area contributed by atoms with Gasteiger partial charge >= 0.3 is 0 Å². The molecule has 1 unspecified atom stereocenters. The Morgan fingerprint density at radius 1 is 1.03 bits per heavy atom. The van der Waals surface area contributed by atoms with Crippen molar-refractivity contribution in [3.8, 4) is 0 Å². The van der Waals surface area contributed by atoms with Gasteiger partial charge in [-0.3, -0.25) is 34.4 Å². The van der Waals surface area contributed by atoms with Crippen molar-refractivity contribution in [3.63, 3.8) is 0 Å². The molecule has 1 aromatic heterocycles. The molecule has 0 radical (unpaired) electrons. The number of nitrogens with zero attached hydrogens (tertiary/aromatic N) is 4. The molecule has 182 valence electrons. The van der Waals surface area contributed by atoms with Gasteiger partial charge in [-0.15, -0.1) is 0 Å². The minimum Gasteiger partial charge on any atom is -0.294 e. The molecule has 1 aliphatic carbocycles. The maximum Gasteiger partial charge on any atom is 0.271 e. The first-order valence-electron chi connectivity index (χ1n) is 11.1. The molecule has 2 aliphatic rings. The SMILES string of the molecule is CC1(C)CC(=O)C2=C(C1)N=c1sc(=Cc3cccc([N+](=O)[O-])c3)c(=O)n1C2c1ccc([N+](=O)[O-])cc1. The van der Waals surface area contributed by atoms with Crippen LogP contribution < -0.4 is 14.9 Å². The average molecular weight is 505 g/mol. The standard InChI is InChI=1S/C25H20N4O6S/c1-25(2)12-18-21(19(30)13-25)22(15-6-8-16(9-7-15)28(32)33)27-23(31)20(36-24(27)26-18)11-14-4-3-5-17(10-14)29(34)35/h3-11,22H,12-13H2,1-2H3. The number of fused-ring (bicyclic) bond motifs is 1. The molecule has 0 fully saturated rings. The Balaban J connectivity index is 1.73. The van der Waals surface area contributed by atoms with E-state index in [9.17, 15) is 29.8 Å². The van der Waals surface area contributed by atoms with Crippen LogP contribution in [0.25, 0.3) is 6.08 Å². The molecule has 1 atom stereocenters. The minimum atomic E-state index is -0.770. The summed E-state index contributed by atoms with van der Waals surface area (Å²) >= 11 is 1.14. The van der Waals surface area contributed by atoms with Crippen molar-refractivity contribution >= 4 is 34.6 Å². The van der Waals surface area contributed by atoms with Crippen LogP contribution in [0.15, 0.2) is 69.6 Å². The lowest BCUT2D eigenvalue weighted by Gasteiger charge is -2.35. The van der Waals surface area contributed by atoms with Crippen LogP contribution in [0.1, 0.15) is 43.9 Å². The molecule has 0 saturated heterocycles. The molecular weight excluding hydrogens is 484 g/mol. The molecule has 0 N–H and O–H groups in total. The fraction of sp³-hybridized carbons (Fsp3) is 0.240. The molecule has 2 aromatic carbocycles. The van der Waals surface area contributed by atoms with Crippen LogP contribution in [0.5, 0.6) is 0 Å². The number of nitro groups is 2. The van der Waals surface area contributed by atoms with Gasteiger partial charge in [0.1, 0.15) is 0 Å². The Labute approximate surface area is 207 Å². The normalized spacial score (nSPS) is 18.9. The van der Waals surface area contributed by atoms with Gasteiger partial charge in [0.05, 0.1) is 26.1 Å². The van der Waals surface area contributed by atoms with Gasteiger partial charge in [-0.1, -0.05) is 37.3 Å². The predicted octanol–water partition coefficient (Wildman–Crippen LogP) is 3.42. The van der Waals surface area contributed by atoms with Crippen LogP contribution in [0.2, 0.25) is 0 Å². The number of allylic oxidation sites excluding steroid dienone is 2. The number of rotatable bonds is 4. The highest BCUT2D eigenvalue weighted by atomic mass is 32.1. The van der Waals surface area contributed by atoms with E-state index in [-0.39, 0.29) is 22.6 Å². The Morgan fingerprint density at radius 3 is 2.39 bits per heavy atom. The zero-order valence-corrected chi connectivity index (χ0v) is 20.2. The number of benzene rings is 2. The number of aromatic nitrogens is 1. The molecule has 0 spiro atoms. The lowest BCUT2D eigenvalue weighted by molar-refractivity contribution is -0.385. The van der Waals surface area contributed by atoms with Crippen molar-refractivity contribution in [3.05, 3.63) is 111 Å². The highest BCUT2D eigenvalue weighted by Gasteiger charge is 2.40. The van der Waals surface area contributed by atoms with E-state index >= 15 is 0 Å². The number of Topliss-reactive ketones (excluding diaryl/α,β-unsaturated/α-hetero) is 1. The van der Waals surface area contributed by atoms with Crippen molar-refractivity contribution in [2.24, 2.45) is 10.4 Å². The van der Waals surface area contributed by atoms with Crippen LogP contribution in [0.4, 0.5) is 11.4 Å². The molecular formula is C25H20N4O6S. The van der Waals surface area contributed by atoms with Crippen LogP contribution in [0.3, 0.4) is 0 Å². The van der Waals surface area contributed by atoms with E-state index in [1.54, 1.807) is 30.3 Å². The summed E-state index contributed by atoms with van der Waals surface area (Å²) in [4.78, 5) is 53.3. The first kappa shape index (κ1) is 23.5. The maximum absolute atomic E-state index is 13.6. The largest absolute Gasteiger partial charge is 0.294 e. The number of ketones is 1. The monoisotopic (exact) mass is 504 g/mol. The molecule has 5 rings (SSSR count). The van der Waals surface area contributed by atoms with Crippen LogP contribution in [0, 0.1) is 25.6 Å². The van der Waals surface area contributed by atoms with Gasteiger partial charge in [0.15, 0.2) is 10.6 Å². The van der Waals surface area contributed by atoms with Crippen LogP contribution >= 0.6 is 11.3 Å². The highest BCUT2D eigenvalue weighted by molar-refractivity contribution is 7.07. The summed E-state index contributed by atoms with van der Waals surface area (Å²) in [5.41, 5.74) is 1.22. The molecule has 0 saturated carbocycles. The molecule has 0 amide bonds. The predicted molar refractivity (Wildman–Crippen MR) is 132 cm³/mol. The van der Waals surface area contributed by atoms with Gasteiger partial charge < -0.3 is 0 Å². The number of thiazole rings is 1. The first-order chi connectivity index (χ1) is 17.0. The van der Waals surface area contributed by atoms with E-state index in [1.165, 1.54) is 28.8 Å². The number of carbonyl (C=O) groups is 1. The summed E-state index contributed by atoms with van der Waals surface area (Å²) in [7, 11) is 0. The summed E-state index contributed by atoms with van der Waals surface area (Å²) < 4.78 is 1.76. The Hall–Kier alpha value is -4.25. The zero-order valence-electron chi connectivity index (χ0n) is 19.3. The van der Waals surface area contributed by atoms with Gasteiger partial charge in [-0.2, -0.15) is 0 Å². The zero-order chi connectivity index (χ0) is 25.8. The second kappa shape index (κ2) is 8.45. The number of non-ortho nitro benzene ring substituents is 2. The molecule has 2 heterocycles. The third kappa shape index (κ3) is 4.07. The van der Waals surface area contributed by atoms with E-state index in [2.05, 4.69) is 0 Å². The Morgan fingerprint density at radius 2 is 1.72 bits per heavy atom. The van der Waals surface area contributed by atoms with Gasteiger partial charge in [-0.05, 0) is 41.2 Å². The van der Waals surface area contributed by atoms with Crippen LogP contribution in [-0.2, 0) is 4.79 Å². The van der Waals surface area contributed by atoms with E-state index in [0.717, 1.165) is 11.3 Å². The van der Waals surface area contributed by atoms with E-state index in [4.69, 9.17) is 4.99 Å². The van der Waals surface area contributed by atoms with Gasteiger partial charge in [0.25, 0.3) is 16.9 Å². The third-order valence-electron chi connectivity index (χ3n) is 6.29. The molecule has 0 bridgehead atoms. The molecule has 36 heavy (non-hydrogen) atoms. The lowest BCUT2D eigenvalue weighted by atomic mass is 9.73. The van der Waals surface area contributed by atoms with Crippen molar-refractivity contribution in [1.82, 2.24) is 4.57 Å².